The molecule has 4 aromatic rings. The SMILES string of the molecule is O=c1cc(CNc2cccc(Cl)c2)nc2nc(-c3cccs3)[nH]n12. The molecule has 3 aromatic heterocycles. The Balaban J connectivity index is 1.63. The number of aromatic amines is 1. The maximum absolute atomic E-state index is 12.3. The van der Waals surface area contributed by atoms with E-state index in [0.29, 0.717) is 28.9 Å². The van der Waals surface area contributed by atoms with Crippen LogP contribution in [0.2, 0.25) is 5.02 Å². The predicted octanol–water partition coefficient (Wildman–Crippen LogP) is 3.41. The van der Waals surface area contributed by atoms with Gasteiger partial charge in [-0.2, -0.15) is 9.50 Å². The molecule has 120 valence electrons. The third-order valence-corrected chi connectivity index (χ3v) is 4.55. The van der Waals surface area contributed by atoms with E-state index in [-0.39, 0.29) is 5.56 Å². The van der Waals surface area contributed by atoms with Crippen molar-refractivity contribution in [1.82, 2.24) is 19.6 Å². The van der Waals surface area contributed by atoms with E-state index in [1.165, 1.54) is 10.6 Å². The molecule has 0 saturated carbocycles. The molecule has 0 atom stereocenters. The van der Waals surface area contributed by atoms with Gasteiger partial charge >= 0.3 is 0 Å². The molecule has 24 heavy (non-hydrogen) atoms. The number of hydrogen-bond acceptors (Lipinski definition) is 5. The Kier molecular flexibility index (Phi) is 3.79. The van der Waals surface area contributed by atoms with Crippen LogP contribution in [0.3, 0.4) is 0 Å². The normalized spacial score (nSPS) is 11.0. The number of hydrogen-bond donors (Lipinski definition) is 2. The standard InChI is InChI=1S/C16H12ClN5OS/c17-10-3-1-4-11(7-10)18-9-12-8-14(23)22-16(19-12)20-15(21-22)13-5-2-6-24-13/h1-8,18H,9H2,(H,19,20,21). The number of nitrogens with zero attached hydrogens (tertiary/aromatic N) is 3. The monoisotopic (exact) mass is 357 g/mol. The van der Waals surface area contributed by atoms with Crippen LogP contribution in [0.1, 0.15) is 5.69 Å². The topological polar surface area (TPSA) is 75.1 Å². The Morgan fingerprint density at radius 2 is 2.12 bits per heavy atom. The zero-order valence-electron chi connectivity index (χ0n) is 12.4. The van der Waals surface area contributed by atoms with Gasteiger partial charge in [0.1, 0.15) is 0 Å². The number of halogens is 1. The number of rotatable bonds is 4. The fraction of sp³-hybridized carbons (Fsp3) is 0.0625. The van der Waals surface area contributed by atoms with Crippen molar-refractivity contribution in [1.29, 1.82) is 0 Å². The molecule has 0 aliphatic heterocycles. The van der Waals surface area contributed by atoms with Crippen molar-refractivity contribution < 1.29 is 0 Å². The van der Waals surface area contributed by atoms with Crippen molar-refractivity contribution in [2.45, 2.75) is 6.54 Å². The average molecular weight is 358 g/mol. The van der Waals surface area contributed by atoms with E-state index in [4.69, 9.17) is 11.6 Å². The second-order valence-electron chi connectivity index (χ2n) is 5.13. The van der Waals surface area contributed by atoms with Crippen LogP contribution in [0.5, 0.6) is 0 Å². The molecule has 0 amide bonds. The summed E-state index contributed by atoms with van der Waals surface area (Å²) in [4.78, 5) is 22.0. The summed E-state index contributed by atoms with van der Waals surface area (Å²) < 4.78 is 1.35. The lowest BCUT2D eigenvalue weighted by Crippen LogP contribution is -2.17. The lowest BCUT2D eigenvalue weighted by Gasteiger charge is -2.05. The van der Waals surface area contributed by atoms with Crippen LogP contribution in [-0.2, 0) is 6.54 Å². The fourth-order valence-electron chi connectivity index (χ4n) is 2.33. The van der Waals surface area contributed by atoms with Gasteiger partial charge in [0.05, 0.1) is 17.1 Å². The molecule has 0 radical (unpaired) electrons. The Bertz CT molecular complexity index is 1050. The highest BCUT2D eigenvalue weighted by Crippen LogP contribution is 2.21. The summed E-state index contributed by atoms with van der Waals surface area (Å²) in [5.74, 6) is 0.989. The summed E-state index contributed by atoms with van der Waals surface area (Å²) in [6.45, 7) is 0.410. The summed E-state index contributed by atoms with van der Waals surface area (Å²) in [6.07, 6.45) is 0. The van der Waals surface area contributed by atoms with Crippen molar-refractivity contribution in [3.05, 3.63) is 68.9 Å². The molecule has 0 saturated heterocycles. The van der Waals surface area contributed by atoms with Crippen LogP contribution in [0, 0.1) is 0 Å². The zero-order chi connectivity index (χ0) is 16.5. The number of aromatic nitrogens is 4. The minimum atomic E-state index is -0.196. The first-order valence-corrected chi connectivity index (χ1v) is 8.47. The van der Waals surface area contributed by atoms with E-state index < -0.39 is 0 Å². The van der Waals surface area contributed by atoms with Crippen LogP contribution in [0.4, 0.5) is 5.69 Å². The molecule has 0 spiro atoms. The maximum Gasteiger partial charge on any atom is 0.274 e. The minimum absolute atomic E-state index is 0.196. The van der Waals surface area contributed by atoms with Crippen LogP contribution in [0.25, 0.3) is 16.5 Å². The van der Waals surface area contributed by atoms with Gasteiger partial charge in [-0.3, -0.25) is 9.89 Å². The van der Waals surface area contributed by atoms with Crippen LogP contribution in [-0.4, -0.2) is 19.6 Å². The first kappa shape index (κ1) is 14.9. The third kappa shape index (κ3) is 2.91. The van der Waals surface area contributed by atoms with Crippen LogP contribution < -0.4 is 10.9 Å². The first-order chi connectivity index (χ1) is 11.7. The Hall–Kier alpha value is -2.64. The van der Waals surface area contributed by atoms with Crippen molar-refractivity contribution in [3.8, 4) is 10.7 Å². The van der Waals surface area contributed by atoms with Gasteiger partial charge in [0.2, 0.25) is 0 Å². The van der Waals surface area contributed by atoms with E-state index in [9.17, 15) is 4.79 Å². The molecule has 0 unspecified atom stereocenters. The molecule has 2 N–H and O–H groups in total. The average Bonchev–Trinajstić information content (AvgIpc) is 3.22. The van der Waals surface area contributed by atoms with E-state index in [1.54, 1.807) is 17.4 Å². The molecule has 0 aliphatic carbocycles. The summed E-state index contributed by atoms with van der Waals surface area (Å²) in [7, 11) is 0. The van der Waals surface area contributed by atoms with Gasteiger partial charge in [-0.25, -0.2) is 4.98 Å². The quantitative estimate of drug-likeness (QED) is 0.587. The van der Waals surface area contributed by atoms with Crippen molar-refractivity contribution in [3.63, 3.8) is 0 Å². The van der Waals surface area contributed by atoms with Crippen molar-refractivity contribution in [2.24, 2.45) is 0 Å². The molecule has 6 nitrogen and oxygen atoms in total. The van der Waals surface area contributed by atoms with E-state index in [0.717, 1.165) is 10.6 Å². The largest absolute Gasteiger partial charge is 0.379 e. The predicted molar refractivity (Wildman–Crippen MR) is 95.7 cm³/mol. The molecular formula is C16H12ClN5OS. The number of H-pyrrole nitrogens is 1. The van der Waals surface area contributed by atoms with Gasteiger partial charge in [-0.15, -0.1) is 11.3 Å². The third-order valence-electron chi connectivity index (χ3n) is 3.44. The van der Waals surface area contributed by atoms with Gasteiger partial charge in [0.25, 0.3) is 11.3 Å². The smallest absolute Gasteiger partial charge is 0.274 e. The molecule has 1 aromatic carbocycles. The van der Waals surface area contributed by atoms with Crippen LogP contribution >= 0.6 is 22.9 Å². The van der Waals surface area contributed by atoms with Gasteiger partial charge in [-0.1, -0.05) is 23.7 Å². The lowest BCUT2D eigenvalue weighted by atomic mass is 10.3. The summed E-state index contributed by atoms with van der Waals surface area (Å²) in [5.41, 5.74) is 1.29. The molecule has 3 heterocycles. The Morgan fingerprint density at radius 3 is 2.92 bits per heavy atom. The number of nitrogens with one attached hydrogen (secondary N) is 2. The maximum atomic E-state index is 12.3. The van der Waals surface area contributed by atoms with E-state index in [2.05, 4.69) is 20.4 Å². The molecule has 0 fully saturated rings. The second kappa shape index (κ2) is 6.10. The summed E-state index contributed by atoms with van der Waals surface area (Å²) in [5, 5.41) is 8.78. The van der Waals surface area contributed by atoms with Gasteiger partial charge < -0.3 is 5.32 Å². The van der Waals surface area contributed by atoms with Crippen LogP contribution in [0.15, 0.2) is 52.6 Å². The highest BCUT2D eigenvalue weighted by Gasteiger charge is 2.10. The Labute approximate surface area is 145 Å². The number of thiophene rings is 1. The minimum Gasteiger partial charge on any atom is -0.379 e. The Morgan fingerprint density at radius 1 is 1.21 bits per heavy atom. The molecule has 8 heteroatoms. The lowest BCUT2D eigenvalue weighted by molar-refractivity contribution is 0.879. The van der Waals surface area contributed by atoms with E-state index in [1.807, 2.05) is 35.7 Å². The molecular weight excluding hydrogens is 346 g/mol. The van der Waals surface area contributed by atoms with Gasteiger partial charge in [0.15, 0.2) is 5.82 Å². The first-order valence-electron chi connectivity index (χ1n) is 7.21. The number of fused-ring (bicyclic) bond motifs is 1. The van der Waals surface area contributed by atoms with Crippen molar-refractivity contribution >= 4 is 34.4 Å². The highest BCUT2D eigenvalue weighted by atomic mass is 35.5. The summed E-state index contributed by atoms with van der Waals surface area (Å²) >= 11 is 7.51. The van der Waals surface area contributed by atoms with E-state index >= 15 is 0 Å². The molecule has 0 aliphatic rings. The fourth-order valence-corrected chi connectivity index (χ4v) is 3.19. The van der Waals surface area contributed by atoms with Crippen molar-refractivity contribution in [2.75, 3.05) is 5.32 Å². The molecule has 4 rings (SSSR count). The summed E-state index contributed by atoms with van der Waals surface area (Å²) in [6, 6.07) is 12.7. The van der Waals surface area contributed by atoms with Gasteiger partial charge in [0, 0.05) is 16.8 Å². The molecule has 0 bridgehead atoms. The van der Waals surface area contributed by atoms with Gasteiger partial charge in [-0.05, 0) is 29.6 Å². The number of anilines is 1. The second-order valence-corrected chi connectivity index (χ2v) is 6.52. The zero-order valence-corrected chi connectivity index (χ0v) is 13.9. The highest BCUT2D eigenvalue weighted by molar-refractivity contribution is 7.13. The number of benzene rings is 1.